The lowest BCUT2D eigenvalue weighted by Gasteiger charge is -2.07. The van der Waals surface area contributed by atoms with E-state index in [0.29, 0.717) is 5.82 Å². The van der Waals surface area contributed by atoms with Crippen molar-refractivity contribution in [1.82, 2.24) is 24.7 Å². The topological polar surface area (TPSA) is 56.5 Å². The molecule has 0 amide bonds. The van der Waals surface area contributed by atoms with Crippen LogP contribution in [-0.4, -0.2) is 24.7 Å². The fourth-order valence-corrected chi connectivity index (χ4v) is 4.03. The molecule has 0 N–H and O–H groups in total. The van der Waals surface area contributed by atoms with Crippen LogP contribution in [0.5, 0.6) is 0 Å². The third-order valence-electron chi connectivity index (χ3n) is 5.86. The van der Waals surface area contributed by atoms with Gasteiger partial charge in [-0.05, 0) is 48.4 Å². The number of hydrogen-bond donors (Lipinski definition) is 0. The van der Waals surface area contributed by atoms with Gasteiger partial charge in [0.2, 0.25) is 0 Å². The highest BCUT2D eigenvalue weighted by Crippen LogP contribution is 2.29. The van der Waals surface area contributed by atoms with E-state index in [1.54, 1.807) is 12.4 Å². The van der Waals surface area contributed by atoms with Gasteiger partial charge in [0, 0.05) is 23.5 Å². The Morgan fingerprint density at radius 2 is 1.24 bits per heavy atom. The number of fused-ring (bicyclic) bond motifs is 1. The second-order valence-corrected chi connectivity index (χ2v) is 8.21. The molecule has 6 aromatic rings. The molecule has 0 saturated carbocycles. The highest BCUT2D eigenvalue weighted by Gasteiger charge is 2.16. The maximum absolute atomic E-state index is 4.96. The summed E-state index contributed by atoms with van der Waals surface area (Å²) in [6.07, 6.45) is 3.40. The Morgan fingerprint density at radius 1 is 0.588 bits per heavy atom. The van der Waals surface area contributed by atoms with Crippen molar-refractivity contribution in [2.45, 2.75) is 6.92 Å². The van der Waals surface area contributed by atoms with Crippen LogP contribution in [0.25, 0.3) is 50.6 Å². The molecular formula is C29H21N5. The van der Waals surface area contributed by atoms with Crippen LogP contribution in [0, 0.1) is 6.92 Å². The van der Waals surface area contributed by atoms with Crippen molar-refractivity contribution in [3.8, 4) is 39.6 Å². The minimum Gasteiger partial charge on any atom is -0.253 e. The molecule has 0 aliphatic carbocycles. The summed E-state index contributed by atoms with van der Waals surface area (Å²) in [5.74, 6) is 1.44. The zero-order valence-corrected chi connectivity index (χ0v) is 18.6. The molecule has 0 spiro atoms. The fraction of sp³-hybridized carbons (Fsp3) is 0.0345. The largest absolute Gasteiger partial charge is 0.253 e. The predicted molar refractivity (Wildman–Crippen MR) is 135 cm³/mol. The van der Waals surface area contributed by atoms with Gasteiger partial charge in [0.15, 0.2) is 11.6 Å². The van der Waals surface area contributed by atoms with Crippen LogP contribution in [0.2, 0.25) is 0 Å². The van der Waals surface area contributed by atoms with Gasteiger partial charge in [-0.1, -0.05) is 72.3 Å². The molecule has 5 nitrogen and oxygen atoms in total. The molecule has 2 heterocycles. The molecule has 2 aromatic heterocycles. The average Bonchev–Trinajstić information content (AvgIpc) is 3.35. The van der Waals surface area contributed by atoms with Crippen LogP contribution < -0.4 is 0 Å². The minimum absolute atomic E-state index is 0.648. The first-order valence-corrected chi connectivity index (χ1v) is 11.2. The molecule has 4 aromatic carbocycles. The quantitative estimate of drug-likeness (QED) is 0.314. The Labute approximate surface area is 197 Å². The molecule has 0 aliphatic heterocycles. The van der Waals surface area contributed by atoms with Gasteiger partial charge in [-0.3, -0.25) is 9.97 Å². The Bertz CT molecular complexity index is 1580. The molecule has 6 rings (SSSR count). The lowest BCUT2D eigenvalue weighted by atomic mass is 10.0. The van der Waals surface area contributed by atoms with Crippen LogP contribution in [0.4, 0.5) is 0 Å². The van der Waals surface area contributed by atoms with Gasteiger partial charge < -0.3 is 0 Å². The summed E-state index contributed by atoms with van der Waals surface area (Å²) in [4.78, 5) is 13.8. The molecule has 5 heteroatoms. The molecule has 0 atom stereocenters. The van der Waals surface area contributed by atoms with Gasteiger partial charge in [-0.15, -0.1) is 5.10 Å². The molecule has 162 valence electrons. The number of benzene rings is 4. The predicted octanol–water partition coefficient (Wildman–Crippen LogP) is 6.52. The summed E-state index contributed by atoms with van der Waals surface area (Å²) in [6, 6.07) is 33.1. The van der Waals surface area contributed by atoms with Crippen LogP contribution in [0.1, 0.15) is 5.56 Å². The van der Waals surface area contributed by atoms with E-state index in [1.807, 2.05) is 28.9 Å². The molecule has 0 aliphatic rings. The van der Waals surface area contributed by atoms with Crippen molar-refractivity contribution in [3.63, 3.8) is 0 Å². The fourth-order valence-electron chi connectivity index (χ4n) is 4.03. The maximum Gasteiger partial charge on any atom is 0.182 e. The van der Waals surface area contributed by atoms with E-state index < -0.39 is 0 Å². The van der Waals surface area contributed by atoms with Crippen molar-refractivity contribution in [2.24, 2.45) is 0 Å². The summed E-state index contributed by atoms with van der Waals surface area (Å²) in [6.45, 7) is 2.08. The van der Waals surface area contributed by atoms with E-state index in [1.165, 1.54) is 16.7 Å². The van der Waals surface area contributed by atoms with Gasteiger partial charge in [-0.2, -0.15) is 0 Å². The maximum atomic E-state index is 4.96. The van der Waals surface area contributed by atoms with Crippen molar-refractivity contribution in [2.75, 3.05) is 0 Å². The van der Waals surface area contributed by atoms with E-state index in [2.05, 4.69) is 89.7 Å². The second kappa shape index (κ2) is 8.37. The number of rotatable bonds is 4. The zero-order valence-electron chi connectivity index (χ0n) is 18.6. The Morgan fingerprint density at radius 3 is 2.00 bits per heavy atom. The second-order valence-electron chi connectivity index (χ2n) is 8.21. The number of hydrogen-bond acceptors (Lipinski definition) is 4. The molecule has 0 fully saturated rings. The molecule has 0 bridgehead atoms. The lowest BCUT2D eigenvalue weighted by Crippen LogP contribution is -1.99. The van der Waals surface area contributed by atoms with E-state index >= 15 is 0 Å². The minimum atomic E-state index is 0.648. The smallest absolute Gasteiger partial charge is 0.182 e. The highest BCUT2D eigenvalue weighted by atomic mass is 15.4. The Kier molecular flexibility index (Phi) is 4.92. The van der Waals surface area contributed by atoms with Crippen molar-refractivity contribution < 1.29 is 0 Å². The van der Waals surface area contributed by atoms with Gasteiger partial charge in [-0.25, -0.2) is 9.67 Å². The third kappa shape index (κ3) is 3.73. The molecule has 0 saturated heterocycles. The van der Waals surface area contributed by atoms with Crippen LogP contribution in [-0.2, 0) is 0 Å². The first kappa shape index (κ1) is 20.0. The Hall–Kier alpha value is -4.64. The molecule has 0 unspecified atom stereocenters. The summed E-state index contributed by atoms with van der Waals surface area (Å²) >= 11 is 0. The van der Waals surface area contributed by atoms with E-state index in [4.69, 9.17) is 10.1 Å². The number of nitrogens with zero attached hydrogens (tertiary/aromatic N) is 5. The lowest BCUT2D eigenvalue weighted by molar-refractivity contribution is 0.890. The van der Waals surface area contributed by atoms with Crippen molar-refractivity contribution in [3.05, 3.63) is 115 Å². The van der Waals surface area contributed by atoms with Crippen molar-refractivity contribution >= 4 is 11.0 Å². The average molecular weight is 440 g/mol. The van der Waals surface area contributed by atoms with Crippen LogP contribution >= 0.6 is 0 Å². The summed E-state index contributed by atoms with van der Waals surface area (Å²) in [7, 11) is 0. The van der Waals surface area contributed by atoms with Gasteiger partial charge in [0.05, 0.1) is 16.7 Å². The summed E-state index contributed by atoms with van der Waals surface area (Å²) in [5.41, 5.74) is 8.09. The Balaban J connectivity index is 1.47. The molecule has 34 heavy (non-hydrogen) atoms. The normalized spacial score (nSPS) is 11.1. The first-order valence-electron chi connectivity index (χ1n) is 11.2. The van der Waals surface area contributed by atoms with Gasteiger partial charge in [0.25, 0.3) is 0 Å². The van der Waals surface area contributed by atoms with E-state index in [0.717, 1.165) is 33.7 Å². The molecular weight excluding hydrogens is 418 g/mol. The molecule has 0 radical (unpaired) electrons. The standard InChI is InChI=1S/C29H21N5/c1-20-7-14-25(15-8-20)34-29(23-11-9-22(10-12-23)21-5-3-2-4-6-21)32-28(33-34)24-13-16-26-27(19-24)31-18-17-30-26/h2-19H,1H3. The first-order chi connectivity index (χ1) is 16.7. The van der Waals surface area contributed by atoms with Gasteiger partial charge >= 0.3 is 0 Å². The zero-order chi connectivity index (χ0) is 22.9. The highest BCUT2D eigenvalue weighted by molar-refractivity contribution is 5.80. The SMILES string of the molecule is Cc1ccc(-n2nc(-c3ccc4nccnc4c3)nc2-c2ccc(-c3ccccc3)cc2)cc1. The van der Waals surface area contributed by atoms with Crippen molar-refractivity contribution in [1.29, 1.82) is 0 Å². The monoisotopic (exact) mass is 439 g/mol. The van der Waals surface area contributed by atoms with E-state index in [-0.39, 0.29) is 0 Å². The van der Waals surface area contributed by atoms with E-state index in [9.17, 15) is 0 Å². The van der Waals surface area contributed by atoms with Gasteiger partial charge in [0.1, 0.15) is 0 Å². The number of aryl methyl sites for hydroxylation is 1. The van der Waals surface area contributed by atoms with Crippen LogP contribution in [0.15, 0.2) is 109 Å². The summed E-state index contributed by atoms with van der Waals surface area (Å²) in [5, 5.41) is 4.90. The number of aromatic nitrogens is 5. The third-order valence-corrected chi connectivity index (χ3v) is 5.86. The summed E-state index contributed by atoms with van der Waals surface area (Å²) < 4.78 is 1.91. The van der Waals surface area contributed by atoms with Crippen LogP contribution in [0.3, 0.4) is 0 Å².